The average Bonchev–Trinajstić information content (AvgIpc) is 3.65. The summed E-state index contributed by atoms with van der Waals surface area (Å²) in [6.07, 6.45) is 1.77. The largest absolute Gasteiger partial charge is 0.308 e. The fourth-order valence-corrected chi connectivity index (χ4v) is 6.49. The van der Waals surface area contributed by atoms with Gasteiger partial charge in [0, 0.05) is 38.1 Å². The van der Waals surface area contributed by atoms with Crippen molar-refractivity contribution < 1.29 is 0 Å². The molecule has 0 N–H and O–H groups in total. The second-order valence-electron chi connectivity index (χ2n) is 11.2. The van der Waals surface area contributed by atoms with E-state index in [2.05, 4.69) is 27.9 Å². The van der Waals surface area contributed by atoms with E-state index in [9.17, 15) is 15.8 Å². The third kappa shape index (κ3) is 4.15. The lowest BCUT2D eigenvalue weighted by molar-refractivity contribution is 1.06. The van der Waals surface area contributed by atoms with Gasteiger partial charge in [-0.1, -0.05) is 48.5 Å². The van der Waals surface area contributed by atoms with Crippen LogP contribution in [0.15, 0.2) is 109 Å². The van der Waals surface area contributed by atoms with E-state index in [0.717, 1.165) is 54.7 Å². The molecular weight excluding hydrogens is 592 g/mol. The molecule has 218 valence electrons. The summed E-state index contributed by atoms with van der Waals surface area (Å²) in [5.74, 6) is 0.565. The Morgan fingerprint density at radius 3 is 1.50 bits per heavy atom. The molecular formula is C40H18N8. The van der Waals surface area contributed by atoms with Crippen LogP contribution in [0.4, 0.5) is 11.4 Å². The van der Waals surface area contributed by atoms with Crippen LogP contribution in [0, 0.1) is 47.1 Å². The number of rotatable bonds is 3. The van der Waals surface area contributed by atoms with Gasteiger partial charge in [-0.15, -0.1) is 0 Å². The fourth-order valence-electron chi connectivity index (χ4n) is 6.49. The first-order valence-corrected chi connectivity index (χ1v) is 14.8. The Balaban J connectivity index is 1.50. The third-order valence-electron chi connectivity index (χ3n) is 8.68. The van der Waals surface area contributed by atoms with Crippen LogP contribution in [0.25, 0.3) is 75.9 Å². The molecule has 3 heterocycles. The minimum Gasteiger partial charge on any atom is -0.308 e. The highest BCUT2D eigenvalue weighted by Gasteiger charge is 2.20. The van der Waals surface area contributed by atoms with Crippen molar-refractivity contribution >= 4 is 55.0 Å². The average molecular weight is 611 g/mol. The highest BCUT2D eigenvalue weighted by molar-refractivity contribution is 6.12. The van der Waals surface area contributed by atoms with Gasteiger partial charge in [0.05, 0.1) is 71.0 Å². The minimum atomic E-state index is 0.477. The minimum absolute atomic E-state index is 0.477. The first-order valence-electron chi connectivity index (χ1n) is 14.8. The Kier molecular flexibility index (Phi) is 6.22. The van der Waals surface area contributed by atoms with E-state index in [0.29, 0.717) is 39.6 Å². The van der Waals surface area contributed by atoms with Gasteiger partial charge in [0.1, 0.15) is 5.82 Å². The summed E-state index contributed by atoms with van der Waals surface area (Å²) in [6.45, 7) is 15.4. The van der Waals surface area contributed by atoms with E-state index in [-0.39, 0.29) is 0 Å². The van der Waals surface area contributed by atoms with E-state index < -0.39 is 0 Å². The van der Waals surface area contributed by atoms with E-state index >= 15 is 0 Å². The van der Waals surface area contributed by atoms with Gasteiger partial charge in [-0.25, -0.2) is 14.7 Å². The smallest absolute Gasteiger partial charge is 0.189 e. The summed E-state index contributed by atoms with van der Waals surface area (Å²) < 4.78 is 4.00. The van der Waals surface area contributed by atoms with Crippen molar-refractivity contribution in [1.29, 1.82) is 15.8 Å². The molecule has 0 amide bonds. The molecule has 0 radical (unpaired) electrons. The predicted octanol–water partition coefficient (Wildman–Crippen LogP) is 9.66. The molecule has 8 aromatic rings. The van der Waals surface area contributed by atoms with E-state index in [1.807, 2.05) is 75.9 Å². The number of aromatic nitrogens is 3. The van der Waals surface area contributed by atoms with Gasteiger partial charge in [0.25, 0.3) is 0 Å². The standard InChI is InChI=1S/C40H18N8/c1-44-28-9-13-32-30-11-5-25(21-42)15-35(30)47(37(32)17-28)39-23-46-40(19-34(39)27-7-3-24(20-41)4-8-27)48-36-16-26(22-43)6-12-31(36)33-14-10-29(45-2)18-38(33)48/h3-19,23H. The highest BCUT2D eigenvalue weighted by atomic mass is 15.1. The Morgan fingerprint density at radius 2 is 0.979 bits per heavy atom. The number of fused-ring (bicyclic) bond motifs is 6. The second kappa shape index (κ2) is 10.7. The number of pyridine rings is 1. The van der Waals surface area contributed by atoms with Gasteiger partial charge in [-0.05, 0) is 60.2 Å². The summed E-state index contributed by atoms with van der Waals surface area (Å²) >= 11 is 0. The zero-order valence-electron chi connectivity index (χ0n) is 25.0. The summed E-state index contributed by atoms with van der Waals surface area (Å²) in [5.41, 5.74) is 7.90. The SMILES string of the molecule is [C-]#[N+]c1ccc2c3ccc(C#N)cc3n(-c3cc(-c4ccc(C#N)cc4)c(-n4c5cc(C#N)ccc5c5ccc([N+]#[C-])cc54)cn3)c2c1. The summed E-state index contributed by atoms with van der Waals surface area (Å²) in [5, 5.41) is 32.8. The maximum Gasteiger partial charge on any atom is 0.189 e. The molecule has 0 saturated heterocycles. The monoisotopic (exact) mass is 610 g/mol. The quantitative estimate of drug-likeness (QED) is 0.186. The van der Waals surface area contributed by atoms with E-state index in [1.54, 1.807) is 42.6 Å². The van der Waals surface area contributed by atoms with Crippen molar-refractivity contribution in [2.45, 2.75) is 0 Å². The van der Waals surface area contributed by atoms with Crippen LogP contribution in [0.1, 0.15) is 16.7 Å². The molecule has 8 rings (SSSR count). The van der Waals surface area contributed by atoms with E-state index in [4.69, 9.17) is 18.1 Å². The normalized spacial score (nSPS) is 10.8. The summed E-state index contributed by atoms with van der Waals surface area (Å²) in [4.78, 5) is 12.4. The molecule has 5 aromatic carbocycles. The molecule has 0 bridgehead atoms. The Bertz CT molecular complexity index is 2750. The zero-order chi connectivity index (χ0) is 32.9. The second-order valence-corrected chi connectivity index (χ2v) is 11.2. The molecule has 48 heavy (non-hydrogen) atoms. The van der Waals surface area contributed by atoms with Crippen molar-refractivity contribution in [3.63, 3.8) is 0 Å². The molecule has 3 aromatic heterocycles. The molecule has 0 spiro atoms. The zero-order valence-corrected chi connectivity index (χ0v) is 25.0. The molecule has 0 aliphatic heterocycles. The molecule has 0 fully saturated rings. The molecule has 0 atom stereocenters. The first-order chi connectivity index (χ1) is 23.5. The summed E-state index contributed by atoms with van der Waals surface area (Å²) in [7, 11) is 0. The van der Waals surface area contributed by atoms with Gasteiger partial charge in [0.2, 0.25) is 0 Å². The van der Waals surface area contributed by atoms with Crippen LogP contribution >= 0.6 is 0 Å². The van der Waals surface area contributed by atoms with Crippen molar-refractivity contribution in [2.24, 2.45) is 0 Å². The number of nitrogens with zero attached hydrogens (tertiary/aromatic N) is 8. The lowest BCUT2D eigenvalue weighted by Crippen LogP contribution is -2.03. The van der Waals surface area contributed by atoms with Gasteiger partial charge in [-0.3, -0.25) is 4.57 Å². The van der Waals surface area contributed by atoms with Crippen LogP contribution in [0.3, 0.4) is 0 Å². The van der Waals surface area contributed by atoms with Crippen LogP contribution in [0.2, 0.25) is 0 Å². The van der Waals surface area contributed by atoms with Gasteiger partial charge in [0.15, 0.2) is 11.4 Å². The summed E-state index contributed by atoms with van der Waals surface area (Å²) in [6, 6.07) is 38.1. The van der Waals surface area contributed by atoms with Crippen molar-refractivity contribution in [3.8, 4) is 40.8 Å². The van der Waals surface area contributed by atoms with Crippen molar-refractivity contribution in [1.82, 2.24) is 14.1 Å². The fraction of sp³-hybridized carbons (Fsp3) is 0. The number of nitriles is 3. The molecule has 8 nitrogen and oxygen atoms in total. The van der Waals surface area contributed by atoms with Crippen molar-refractivity contribution in [3.05, 3.63) is 149 Å². The van der Waals surface area contributed by atoms with Gasteiger partial charge in [-0.2, -0.15) is 15.8 Å². The maximum atomic E-state index is 9.81. The topological polar surface area (TPSA) is 103 Å². The molecule has 0 aliphatic rings. The number of benzene rings is 5. The molecule has 0 aliphatic carbocycles. The molecule has 0 unspecified atom stereocenters. The third-order valence-corrected chi connectivity index (χ3v) is 8.68. The highest BCUT2D eigenvalue weighted by Crippen LogP contribution is 2.40. The predicted molar refractivity (Wildman–Crippen MR) is 185 cm³/mol. The Morgan fingerprint density at radius 1 is 0.521 bits per heavy atom. The molecule has 0 saturated carbocycles. The van der Waals surface area contributed by atoms with Crippen LogP contribution in [-0.2, 0) is 0 Å². The Labute approximate surface area is 274 Å². The van der Waals surface area contributed by atoms with Gasteiger partial charge < -0.3 is 4.57 Å². The lowest BCUT2D eigenvalue weighted by atomic mass is 10.0. The van der Waals surface area contributed by atoms with Crippen molar-refractivity contribution in [2.75, 3.05) is 0 Å². The van der Waals surface area contributed by atoms with E-state index in [1.165, 1.54) is 0 Å². The number of hydrogen-bond donors (Lipinski definition) is 0. The van der Waals surface area contributed by atoms with Crippen LogP contribution in [0.5, 0.6) is 0 Å². The first kappa shape index (κ1) is 27.8. The molecule has 8 heteroatoms. The van der Waals surface area contributed by atoms with Gasteiger partial charge >= 0.3 is 0 Å². The Hall–Kier alpha value is -7.70. The lowest BCUT2D eigenvalue weighted by Gasteiger charge is -2.17. The van der Waals surface area contributed by atoms with Crippen LogP contribution in [-0.4, -0.2) is 14.1 Å². The maximum absolute atomic E-state index is 9.81. The van der Waals surface area contributed by atoms with Crippen LogP contribution < -0.4 is 0 Å². The number of hydrogen-bond acceptors (Lipinski definition) is 4.